The Morgan fingerprint density at radius 3 is 2.39 bits per heavy atom. The minimum atomic E-state index is -0.338. The molecule has 1 fully saturated rings. The van der Waals surface area contributed by atoms with Gasteiger partial charge in [-0.05, 0) is 67.2 Å². The zero-order valence-corrected chi connectivity index (χ0v) is 22.0. The summed E-state index contributed by atoms with van der Waals surface area (Å²) in [6, 6.07) is 22.6. The van der Waals surface area contributed by atoms with Crippen LogP contribution in [0.1, 0.15) is 26.5 Å². The number of benzene rings is 3. The second-order valence-electron chi connectivity index (χ2n) is 9.04. The van der Waals surface area contributed by atoms with E-state index in [-0.39, 0.29) is 16.9 Å². The van der Waals surface area contributed by atoms with Crippen molar-refractivity contribution in [2.45, 2.75) is 6.92 Å². The molecule has 194 valence electrons. The quantitative estimate of drug-likeness (QED) is 0.359. The standard InChI is InChI=1S/C29H28N4O4S/c1-19-6-5-8-23(26(19)36-2)27(34)31-29(38)30-21-10-12-22(13-11-21)32-14-16-33(17-15-32)28(35)25-18-20-7-3-4-9-24(20)37-25/h3-13,18H,14-17H2,1-2H3,(H2,30,31,34,38). The average Bonchev–Trinajstić information content (AvgIpc) is 3.37. The van der Waals surface area contributed by atoms with Gasteiger partial charge in [-0.3, -0.25) is 14.9 Å². The molecule has 3 aromatic carbocycles. The molecule has 0 spiro atoms. The van der Waals surface area contributed by atoms with E-state index in [1.165, 1.54) is 7.11 Å². The number of rotatable bonds is 5. The van der Waals surface area contributed by atoms with Crippen LogP contribution in [-0.2, 0) is 0 Å². The average molecular weight is 529 g/mol. The zero-order valence-electron chi connectivity index (χ0n) is 21.2. The summed E-state index contributed by atoms with van der Waals surface area (Å²) in [5.41, 5.74) is 3.82. The highest BCUT2D eigenvalue weighted by Crippen LogP contribution is 2.24. The van der Waals surface area contributed by atoms with Gasteiger partial charge in [-0.15, -0.1) is 0 Å². The van der Waals surface area contributed by atoms with E-state index < -0.39 is 0 Å². The van der Waals surface area contributed by atoms with Crippen LogP contribution >= 0.6 is 12.2 Å². The van der Waals surface area contributed by atoms with Crippen molar-refractivity contribution >= 4 is 51.5 Å². The number of carbonyl (C=O) groups excluding carboxylic acids is 2. The normalized spacial score (nSPS) is 13.3. The monoisotopic (exact) mass is 528 g/mol. The van der Waals surface area contributed by atoms with Gasteiger partial charge >= 0.3 is 0 Å². The van der Waals surface area contributed by atoms with Gasteiger partial charge in [0, 0.05) is 42.9 Å². The zero-order chi connectivity index (χ0) is 26.6. The Balaban J connectivity index is 1.14. The second kappa shape index (κ2) is 10.9. The molecular formula is C29H28N4O4S. The van der Waals surface area contributed by atoms with Crippen LogP contribution < -0.4 is 20.3 Å². The highest BCUT2D eigenvalue weighted by molar-refractivity contribution is 7.80. The first-order valence-electron chi connectivity index (χ1n) is 12.3. The van der Waals surface area contributed by atoms with Crippen molar-refractivity contribution in [3.63, 3.8) is 0 Å². The number of nitrogens with one attached hydrogen (secondary N) is 2. The van der Waals surface area contributed by atoms with Crippen molar-refractivity contribution in [2.75, 3.05) is 43.5 Å². The Kier molecular flexibility index (Phi) is 7.28. The molecule has 1 aliphatic heterocycles. The van der Waals surface area contributed by atoms with E-state index in [0.29, 0.717) is 43.3 Å². The van der Waals surface area contributed by atoms with E-state index in [2.05, 4.69) is 15.5 Å². The van der Waals surface area contributed by atoms with E-state index >= 15 is 0 Å². The Bertz CT molecular complexity index is 1460. The molecule has 1 aliphatic rings. The number of methoxy groups -OCH3 is 1. The number of ether oxygens (including phenoxy) is 1. The van der Waals surface area contributed by atoms with Gasteiger partial charge in [-0.1, -0.05) is 30.3 Å². The lowest BCUT2D eigenvalue weighted by atomic mass is 10.1. The number of aryl methyl sites for hydroxylation is 1. The number of para-hydroxylation sites is 2. The fraction of sp³-hybridized carbons (Fsp3) is 0.207. The molecule has 0 unspecified atom stereocenters. The third-order valence-electron chi connectivity index (χ3n) is 6.58. The summed E-state index contributed by atoms with van der Waals surface area (Å²) < 4.78 is 11.1. The van der Waals surface area contributed by atoms with Crippen LogP contribution in [0.2, 0.25) is 0 Å². The first-order chi connectivity index (χ1) is 18.4. The van der Waals surface area contributed by atoms with Crippen molar-refractivity contribution in [1.82, 2.24) is 10.2 Å². The molecular weight excluding hydrogens is 500 g/mol. The molecule has 38 heavy (non-hydrogen) atoms. The smallest absolute Gasteiger partial charge is 0.289 e. The summed E-state index contributed by atoms with van der Waals surface area (Å²) in [5.74, 6) is 0.476. The van der Waals surface area contributed by atoms with E-state index in [1.54, 1.807) is 18.2 Å². The van der Waals surface area contributed by atoms with Crippen LogP contribution in [0.15, 0.2) is 77.2 Å². The molecule has 1 aromatic heterocycles. The molecule has 1 saturated heterocycles. The third-order valence-corrected chi connectivity index (χ3v) is 6.79. The van der Waals surface area contributed by atoms with Gasteiger partial charge in [0.25, 0.3) is 11.8 Å². The number of anilines is 2. The van der Waals surface area contributed by atoms with E-state index in [0.717, 1.165) is 27.9 Å². The summed E-state index contributed by atoms with van der Waals surface area (Å²) >= 11 is 5.34. The number of thiocarbonyl (C=S) groups is 1. The van der Waals surface area contributed by atoms with Crippen LogP contribution in [0.4, 0.5) is 11.4 Å². The van der Waals surface area contributed by atoms with Crippen molar-refractivity contribution in [1.29, 1.82) is 0 Å². The molecule has 4 aromatic rings. The summed E-state index contributed by atoms with van der Waals surface area (Å²) in [5, 5.41) is 6.89. The van der Waals surface area contributed by atoms with Crippen molar-refractivity contribution in [2.24, 2.45) is 0 Å². The van der Waals surface area contributed by atoms with Crippen molar-refractivity contribution < 1.29 is 18.7 Å². The molecule has 0 atom stereocenters. The number of hydrogen-bond acceptors (Lipinski definition) is 6. The molecule has 0 radical (unpaired) electrons. The van der Waals surface area contributed by atoms with Crippen LogP contribution in [0.3, 0.4) is 0 Å². The van der Waals surface area contributed by atoms with Gasteiger partial charge in [0.05, 0.1) is 12.7 Å². The van der Waals surface area contributed by atoms with Crippen LogP contribution in [0, 0.1) is 6.92 Å². The predicted octanol–water partition coefficient (Wildman–Crippen LogP) is 4.84. The Hall–Kier alpha value is -4.37. The lowest BCUT2D eigenvalue weighted by Crippen LogP contribution is -2.48. The first-order valence-corrected chi connectivity index (χ1v) is 12.7. The van der Waals surface area contributed by atoms with Crippen LogP contribution in [0.5, 0.6) is 5.75 Å². The summed E-state index contributed by atoms with van der Waals surface area (Å²) in [6.07, 6.45) is 0. The van der Waals surface area contributed by atoms with E-state index in [1.807, 2.05) is 66.4 Å². The molecule has 5 rings (SSSR count). The number of hydrogen-bond donors (Lipinski definition) is 2. The predicted molar refractivity (Wildman–Crippen MR) is 152 cm³/mol. The summed E-state index contributed by atoms with van der Waals surface area (Å²) in [6.45, 7) is 4.52. The van der Waals surface area contributed by atoms with E-state index in [4.69, 9.17) is 21.4 Å². The minimum absolute atomic E-state index is 0.0840. The van der Waals surface area contributed by atoms with Crippen molar-refractivity contribution in [3.8, 4) is 5.75 Å². The fourth-order valence-electron chi connectivity index (χ4n) is 4.60. The molecule has 0 bridgehead atoms. The maximum Gasteiger partial charge on any atom is 0.289 e. The third kappa shape index (κ3) is 5.33. The number of carbonyl (C=O) groups is 2. The Labute approximate surface area is 226 Å². The number of amides is 2. The minimum Gasteiger partial charge on any atom is -0.496 e. The fourth-order valence-corrected chi connectivity index (χ4v) is 4.81. The molecule has 2 heterocycles. The Morgan fingerprint density at radius 2 is 1.68 bits per heavy atom. The highest BCUT2D eigenvalue weighted by atomic mass is 32.1. The maximum absolute atomic E-state index is 12.9. The van der Waals surface area contributed by atoms with Gasteiger partial charge < -0.3 is 24.3 Å². The van der Waals surface area contributed by atoms with Crippen LogP contribution in [-0.4, -0.2) is 55.1 Å². The van der Waals surface area contributed by atoms with Gasteiger partial charge in [-0.25, -0.2) is 0 Å². The number of piperazine rings is 1. The summed E-state index contributed by atoms with van der Waals surface area (Å²) in [4.78, 5) is 29.7. The number of nitrogens with zero attached hydrogens (tertiary/aromatic N) is 2. The van der Waals surface area contributed by atoms with Crippen LogP contribution in [0.25, 0.3) is 11.0 Å². The van der Waals surface area contributed by atoms with Gasteiger partial charge in [0.15, 0.2) is 10.9 Å². The van der Waals surface area contributed by atoms with Crippen molar-refractivity contribution in [3.05, 3.63) is 89.7 Å². The maximum atomic E-state index is 12.9. The first kappa shape index (κ1) is 25.3. The van der Waals surface area contributed by atoms with E-state index in [9.17, 15) is 9.59 Å². The lowest BCUT2D eigenvalue weighted by Gasteiger charge is -2.35. The molecule has 9 heteroatoms. The van der Waals surface area contributed by atoms with Gasteiger partial charge in [-0.2, -0.15) is 0 Å². The SMILES string of the molecule is COc1c(C)cccc1C(=O)NC(=S)Nc1ccc(N2CCN(C(=O)c3cc4ccccc4o3)CC2)cc1. The highest BCUT2D eigenvalue weighted by Gasteiger charge is 2.25. The molecule has 8 nitrogen and oxygen atoms in total. The molecule has 0 aliphatic carbocycles. The summed E-state index contributed by atoms with van der Waals surface area (Å²) in [7, 11) is 1.54. The van der Waals surface area contributed by atoms with Gasteiger partial charge in [0.2, 0.25) is 0 Å². The molecule has 2 amide bonds. The lowest BCUT2D eigenvalue weighted by molar-refractivity contribution is 0.0717. The largest absolute Gasteiger partial charge is 0.496 e. The molecule has 0 saturated carbocycles. The number of furan rings is 1. The molecule has 2 N–H and O–H groups in total. The number of fused-ring (bicyclic) bond motifs is 1. The van der Waals surface area contributed by atoms with Gasteiger partial charge in [0.1, 0.15) is 11.3 Å². The topological polar surface area (TPSA) is 87.0 Å². The Morgan fingerprint density at radius 1 is 0.947 bits per heavy atom. The second-order valence-corrected chi connectivity index (χ2v) is 9.45.